The van der Waals surface area contributed by atoms with E-state index in [4.69, 9.17) is 0 Å². The molecule has 0 saturated heterocycles. The van der Waals surface area contributed by atoms with Crippen LogP contribution in [0.1, 0.15) is 0 Å². The van der Waals surface area contributed by atoms with Gasteiger partial charge in [-0.15, -0.1) is 8.42 Å². The lowest BCUT2D eigenvalue weighted by Gasteiger charge is -1.98. The lowest BCUT2D eigenvalue weighted by molar-refractivity contribution is -0.128. The minimum atomic E-state index is -4.28. The van der Waals surface area contributed by atoms with Crippen molar-refractivity contribution in [2.24, 2.45) is 0 Å². The average Bonchev–Trinajstić information content (AvgIpc) is 1.86. The molecule has 0 heterocycles. The second-order valence-electron chi connectivity index (χ2n) is 1.28. The normalized spacial score (nSPS) is 9.82. The Morgan fingerprint density at radius 1 is 1.36 bits per heavy atom. The van der Waals surface area contributed by atoms with E-state index in [9.17, 15) is 13.2 Å². The Bertz CT molecular complexity index is 263. The zero-order chi connectivity index (χ0) is 8.91. The zero-order valence-electron chi connectivity index (χ0n) is 5.52. The summed E-state index contributed by atoms with van der Waals surface area (Å²) < 4.78 is 28.4. The second-order valence-corrected chi connectivity index (χ2v) is 2.45. The standard InChI is InChI=1S/C5H6O5S/c1-3-5(6)10-11(7,8)9-4-2/h3-4H,1-2H2. The third kappa shape index (κ3) is 4.15. The van der Waals surface area contributed by atoms with Crippen molar-refractivity contribution in [2.75, 3.05) is 0 Å². The molecule has 0 aliphatic rings. The lowest BCUT2D eigenvalue weighted by Crippen LogP contribution is -2.11. The fourth-order valence-corrected chi connectivity index (χ4v) is 0.713. The second kappa shape index (κ2) is 3.77. The number of hydrogen-bond donors (Lipinski definition) is 0. The van der Waals surface area contributed by atoms with E-state index in [1.54, 1.807) is 0 Å². The molecule has 0 N–H and O–H groups in total. The maximum atomic E-state index is 10.4. The van der Waals surface area contributed by atoms with Crippen LogP contribution in [0.4, 0.5) is 0 Å². The van der Waals surface area contributed by atoms with Gasteiger partial charge >= 0.3 is 16.4 Å². The van der Waals surface area contributed by atoms with Crippen molar-refractivity contribution in [3.63, 3.8) is 0 Å². The summed E-state index contributed by atoms with van der Waals surface area (Å²) >= 11 is 0. The smallest absolute Gasteiger partial charge is 0.361 e. The van der Waals surface area contributed by atoms with Crippen LogP contribution < -0.4 is 0 Å². The van der Waals surface area contributed by atoms with E-state index in [-0.39, 0.29) is 0 Å². The van der Waals surface area contributed by atoms with Crippen molar-refractivity contribution in [1.29, 1.82) is 0 Å². The topological polar surface area (TPSA) is 69.7 Å². The molecule has 0 amide bonds. The van der Waals surface area contributed by atoms with Gasteiger partial charge in [-0.3, -0.25) is 0 Å². The summed E-state index contributed by atoms with van der Waals surface area (Å²) in [6.45, 7) is 5.94. The van der Waals surface area contributed by atoms with Gasteiger partial charge in [0.1, 0.15) is 6.26 Å². The van der Waals surface area contributed by atoms with Crippen molar-refractivity contribution < 1.29 is 21.6 Å². The Kier molecular flexibility index (Phi) is 3.32. The SMILES string of the molecule is C=COS(=O)(=O)OC(=O)C=C. The van der Waals surface area contributed by atoms with Crippen LogP contribution in [0.15, 0.2) is 25.5 Å². The molecule has 0 atom stereocenters. The van der Waals surface area contributed by atoms with Gasteiger partial charge < -0.3 is 8.37 Å². The fraction of sp³-hybridized carbons (Fsp3) is 0. The van der Waals surface area contributed by atoms with Gasteiger partial charge in [0.05, 0.1) is 0 Å². The predicted molar refractivity (Wildman–Crippen MR) is 36.5 cm³/mol. The van der Waals surface area contributed by atoms with E-state index in [2.05, 4.69) is 21.5 Å². The van der Waals surface area contributed by atoms with E-state index in [0.717, 1.165) is 0 Å². The maximum absolute atomic E-state index is 10.4. The van der Waals surface area contributed by atoms with E-state index in [1.807, 2.05) is 0 Å². The van der Waals surface area contributed by atoms with Crippen molar-refractivity contribution >= 4 is 16.4 Å². The van der Waals surface area contributed by atoms with Gasteiger partial charge in [-0.25, -0.2) is 4.79 Å². The molecular formula is C5H6O5S. The Morgan fingerprint density at radius 2 is 1.91 bits per heavy atom. The van der Waals surface area contributed by atoms with Gasteiger partial charge in [-0.2, -0.15) is 0 Å². The summed E-state index contributed by atoms with van der Waals surface area (Å²) in [5.74, 6) is -1.10. The van der Waals surface area contributed by atoms with Gasteiger partial charge in [-0.1, -0.05) is 13.2 Å². The summed E-state index contributed by atoms with van der Waals surface area (Å²) in [6.07, 6.45) is 1.33. The Balaban J connectivity index is 4.24. The molecule has 62 valence electrons. The molecule has 5 nitrogen and oxygen atoms in total. The molecule has 0 spiro atoms. The number of carbonyl (C=O) groups excluding carboxylic acids is 1. The van der Waals surface area contributed by atoms with Gasteiger partial charge in [0, 0.05) is 6.08 Å². The Labute approximate surface area is 64.3 Å². The summed E-state index contributed by atoms with van der Waals surface area (Å²) in [7, 11) is -4.28. The van der Waals surface area contributed by atoms with Crippen LogP contribution >= 0.6 is 0 Å². The van der Waals surface area contributed by atoms with E-state index in [1.165, 1.54) is 0 Å². The highest BCUT2D eigenvalue weighted by atomic mass is 32.3. The number of carbonyl (C=O) groups is 1. The highest BCUT2D eigenvalue weighted by Gasteiger charge is 2.14. The molecule has 0 unspecified atom stereocenters. The fourth-order valence-electron chi connectivity index (χ4n) is 0.238. The molecule has 0 aliphatic heterocycles. The molecule has 0 fully saturated rings. The molecular weight excluding hydrogens is 172 g/mol. The third-order valence-electron chi connectivity index (χ3n) is 0.537. The van der Waals surface area contributed by atoms with Crippen molar-refractivity contribution in [3.05, 3.63) is 25.5 Å². The average molecular weight is 178 g/mol. The van der Waals surface area contributed by atoms with Crippen LogP contribution in [0.25, 0.3) is 0 Å². The van der Waals surface area contributed by atoms with Gasteiger partial charge in [0.2, 0.25) is 0 Å². The molecule has 0 bridgehead atoms. The van der Waals surface area contributed by atoms with Gasteiger partial charge in [0.15, 0.2) is 0 Å². The first-order chi connectivity index (χ1) is 5.02. The highest BCUT2D eigenvalue weighted by Crippen LogP contribution is 1.96. The monoisotopic (exact) mass is 178 g/mol. The van der Waals surface area contributed by atoms with Crippen molar-refractivity contribution in [3.8, 4) is 0 Å². The quantitative estimate of drug-likeness (QED) is 0.451. The molecule has 0 radical (unpaired) electrons. The summed E-state index contributed by atoms with van der Waals surface area (Å²) in [4.78, 5) is 10.3. The van der Waals surface area contributed by atoms with Crippen molar-refractivity contribution in [2.45, 2.75) is 0 Å². The molecule has 0 aromatic carbocycles. The minimum Gasteiger partial charge on any atom is -0.361 e. The lowest BCUT2D eigenvalue weighted by atomic mass is 10.7. The first-order valence-electron chi connectivity index (χ1n) is 2.42. The predicted octanol–water partition coefficient (Wildman–Crippen LogP) is 0.121. The molecule has 0 saturated carbocycles. The van der Waals surface area contributed by atoms with Crippen LogP contribution in [-0.4, -0.2) is 14.4 Å². The minimum absolute atomic E-state index is 0.631. The molecule has 0 aromatic heterocycles. The molecule has 0 aliphatic carbocycles. The maximum Gasteiger partial charge on any atom is 0.503 e. The molecule has 6 heteroatoms. The van der Waals surface area contributed by atoms with Crippen LogP contribution in [0, 0.1) is 0 Å². The Hall–Kier alpha value is -1.30. The molecule has 0 rings (SSSR count). The van der Waals surface area contributed by atoms with E-state index < -0.39 is 16.4 Å². The molecule has 11 heavy (non-hydrogen) atoms. The Morgan fingerprint density at radius 3 is 2.27 bits per heavy atom. The van der Waals surface area contributed by atoms with Gasteiger partial charge in [-0.05, 0) is 0 Å². The number of rotatable bonds is 4. The van der Waals surface area contributed by atoms with Crippen LogP contribution in [0.5, 0.6) is 0 Å². The third-order valence-corrected chi connectivity index (χ3v) is 1.28. The summed E-state index contributed by atoms with van der Waals surface area (Å²) in [6, 6.07) is 0. The first kappa shape index (κ1) is 9.70. The zero-order valence-corrected chi connectivity index (χ0v) is 6.33. The summed E-state index contributed by atoms with van der Waals surface area (Å²) in [5, 5.41) is 0. The van der Waals surface area contributed by atoms with E-state index in [0.29, 0.717) is 12.3 Å². The van der Waals surface area contributed by atoms with Crippen LogP contribution in [-0.2, 0) is 23.6 Å². The van der Waals surface area contributed by atoms with Crippen LogP contribution in [0.2, 0.25) is 0 Å². The largest absolute Gasteiger partial charge is 0.503 e. The van der Waals surface area contributed by atoms with Crippen LogP contribution in [0.3, 0.4) is 0 Å². The molecule has 0 aromatic rings. The first-order valence-corrected chi connectivity index (χ1v) is 3.75. The summed E-state index contributed by atoms with van der Waals surface area (Å²) in [5.41, 5.74) is 0. The van der Waals surface area contributed by atoms with E-state index >= 15 is 0 Å². The highest BCUT2D eigenvalue weighted by molar-refractivity contribution is 7.82. The van der Waals surface area contributed by atoms with Gasteiger partial charge in [0.25, 0.3) is 0 Å². The number of hydrogen-bond acceptors (Lipinski definition) is 5. The van der Waals surface area contributed by atoms with Crippen molar-refractivity contribution in [1.82, 2.24) is 0 Å².